The molecule has 1 aromatic carbocycles. The van der Waals surface area contributed by atoms with Gasteiger partial charge in [-0.15, -0.1) is 0 Å². The first-order valence-electron chi connectivity index (χ1n) is 6.53. The van der Waals surface area contributed by atoms with Crippen molar-refractivity contribution < 1.29 is 4.74 Å². The van der Waals surface area contributed by atoms with Crippen LogP contribution >= 0.6 is 0 Å². The molecular formula is C15H21N3O. The monoisotopic (exact) mass is 259 g/mol. The second kappa shape index (κ2) is 6.50. The van der Waals surface area contributed by atoms with Crippen LogP contribution in [-0.2, 0) is 11.3 Å². The first-order chi connectivity index (χ1) is 9.22. The zero-order valence-corrected chi connectivity index (χ0v) is 11.8. The summed E-state index contributed by atoms with van der Waals surface area (Å²) < 4.78 is 7.30. The Morgan fingerprint density at radius 3 is 2.74 bits per heavy atom. The fraction of sp³-hybridized carbons (Fsp3) is 0.400. The van der Waals surface area contributed by atoms with Gasteiger partial charge >= 0.3 is 0 Å². The van der Waals surface area contributed by atoms with Gasteiger partial charge in [0.1, 0.15) is 5.82 Å². The molecule has 1 aromatic heterocycles. The minimum atomic E-state index is 0.324. The summed E-state index contributed by atoms with van der Waals surface area (Å²) in [6.45, 7) is 5.62. The lowest BCUT2D eigenvalue weighted by molar-refractivity contribution is 0.171. The summed E-state index contributed by atoms with van der Waals surface area (Å²) in [5, 5.41) is 3.44. The second-order valence-corrected chi connectivity index (χ2v) is 4.70. The Labute approximate surface area is 114 Å². The van der Waals surface area contributed by atoms with E-state index in [0.29, 0.717) is 12.6 Å². The molecule has 1 atom stereocenters. The first-order valence-corrected chi connectivity index (χ1v) is 6.53. The smallest absolute Gasteiger partial charge is 0.110 e. The van der Waals surface area contributed by atoms with Gasteiger partial charge in [-0.25, -0.2) is 4.98 Å². The molecule has 0 amide bonds. The quantitative estimate of drug-likeness (QED) is 0.865. The maximum absolute atomic E-state index is 5.13. The Kier molecular flexibility index (Phi) is 4.71. The predicted molar refractivity (Wildman–Crippen MR) is 76.5 cm³/mol. The minimum Gasteiger partial charge on any atom is -0.383 e. The molecule has 0 aliphatic rings. The molecule has 0 saturated carbocycles. The van der Waals surface area contributed by atoms with Gasteiger partial charge in [0.15, 0.2) is 0 Å². The van der Waals surface area contributed by atoms with E-state index in [4.69, 9.17) is 4.74 Å². The lowest BCUT2D eigenvalue weighted by Crippen LogP contribution is -2.30. The molecule has 0 spiro atoms. The molecule has 2 aromatic rings. The fourth-order valence-corrected chi connectivity index (χ4v) is 2.13. The van der Waals surface area contributed by atoms with Crippen LogP contribution in [0.25, 0.3) is 5.69 Å². The van der Waals surface area contributed by atoms with E-state index in [2.05, 4.69) is 33.9 Å². The summed E-state index contributed by atoms with van der Waals surface area (Å²) in [7, 11) is 1.72. The number of aryl methyl sites for hydroxylation is 1. The van der Waals surface area contributed by atoms with E-state index in [1.165, 1.54) is 0 Å². The summed E-state index contributed by atoms with van der Waals surface area (Å²) in [5.74, 6) is 1.00. The predicted octanol–water partition coefficient (Wildman–Crippen LogP) is 2.31. The number of hydrogen-bond donors (Lipinski definition) is 1. The van der Waals surface area contributed by atoms with Crippen LogP contribution in [0.4, 0.5) is 0 Å². The lowest BCUT2D eigenvalue weighted by Gasteiger charge is -2.14. The van der Waals surface area contributed by atoms with Gasteiger partial charge in [-0.3, -0.25) is 4.57 Å². The van der Waals surface area contributed by atoms with Crippen molar-refractivity contribution in [2.75, 3.05) is 13.7 Å². The van der Waals surface area contributed by atoms with Crippen molar-refractivity contribution in [1.82, 2.24) is 14.9 Å². The molecule has 1 heterocycles. The number of imidazole rings is 1. The van der Waals surface area contributed by atoms with Crippen molar-refractivity contribution >= 4 is 0 Å². The third-order valence-electron chi connectivity index (χ3n) is 3.07. The highest BCUT2D eigenvalue weighted by molar-refractivity contribution is 5.35. The van der Waals surface area contributed by atoms with Crippen LogP contribution in [0, 0.1) is 6.92 Å². The van der Waals surface area contributed by atoms with Crippen LogP contribution in [0.15, 0.2) is 36.5 Å². The molecule has 0 aliphatic carbocycles. The zero-order valence-electron chi connectivity index (χ0n) is 11.8. The number of para-hydroxylation sites is 1. The van der Waals surface area contributed by atoms with Gasteiger partial charge in [0.25, 0.3) is 0 Å². The standard InChI is InChI=1S/C15H21N3O/c1-12(11-19-3)16-9-15-10-17-13(2)18(15)14-7-5-4-6-8-14/h4-8,10,12,16H,9,11H2,1-3H3. The third kappa shape index (κ3) is 3.43. The number of hydrogen-bond acceptors (Lipinski definition) is 3. The van der Waals surface area contributed by atoms with Gasteiger partial charge in [0.2, 0.25) is 0 Å². The zero-order chi connectivity index (χ0) is 13.7. The van der Waals surface area contributed by atoms with Crippen LogP contribution in [-0.4, -0.2) is 29.3 Å². The average Bonchev–Trinajstić information content (AvgIpc) is 2.79. The van der Waals surface area contributed by atoms with E-state index in [-0.39, 0.29) is 0 Å². The molecule has 0 radical (unpaired) electrons. The summed E-state index contributed by atoms with van der Waals surface area (Å²) >= 11 is 0. The molecule has 4 nitrogen and oxygen atoms in total. The second-order valence-electron chi connectivity index (χ2n) is 4.70. The van der Waals surface area contributed by atoms with E-state index in [1.807, 2.05) is 31.3 Å². The van der Waals surface area contributed by atoms with Crippen LogP contribution < -0.4 is 5.32 Å². The highest BCUT2D eigenvalue weighted by Crippen LogP contribution is 2.14. The summed E-state index contributed by atoms with van der Waals surface area (Å²) in [6.07, 6.45) is 1.93. The molecule has 2 rings (SSSR count). The van der Waals surface area contributed by atoms with Crippen molar-refractivity contribution in [3.8, 4) is 5.69 Å². The molecule has 0 aliphatic heterocycles. The van der Waals surface area contributed by atoms with Gasteiger partial charge in [-0.2, -0.15) is 0 Å². The highest BCUT2D eigenvalue weighted by Gasteiger charge is 2.09. The number of aromatic nitrogens is 2. The minimum absolute atomic E-state index is 0.324. The largest absolute Gasteiger partial charge is 0.383 e. The van der Waals surface area contributed by atoms with Crippen LogP contribution in [0.3, 0.4) is 0 Å². The summed E-state index contributed by atoms with van der Waals surface area (Å²) in [5.41, 5.74) is 2.31. The van der Waals surface area contributed by atoms with Gasteiger partial charge in [-0.1, -0.05) is 18.2 Å². The number of ether oxygens (including phenoxy) is 1. The Balaban J connectivity index is 2.14. The number of rotatable bonds is 6. The van der Waals surface area contributed by atoms with Crippen molar-refractivity contribution in [3.63, 3.8) is 0 Å². The van der Waals surface area contributed by atoms with Crippen LogP contribution in [0.1, 0.15) is 18.4 Å². The maximum atomic E-state index is 5.13. The molecule has 0 fully saturated rings. The Morgan fingerprint density at radius 1 is 1.32 bits per heavy atom. The molecule has 1 unspecified atom stereocenters. The van der Waals surface area contributed by atoms with E-state index in [9.17, 15) is 0 Å². The normalized spacial score (nSPS) is 12.6. The topological polar surface area (TPSA) is 39.1 Å². The third-order valence-corrected chi connectivity index (χ3v) is 3.07. The molecule has 19 heavy (non-hydrogen) atoms. The molecular weight excluding hydrogens is 238 g/mol. The molecule has 102 valence electrons. The first kappa shape index (κ1) is 13.8. The van der Waals surface area contributed by atoms with Crippen molar-refractivity contribution in [3.05, 3.63) is 48.0 Å². The van der Waals surface area contributed by atoms with E-state index in [0.717, 1.165) is 23.8 Å². The Hall–Kier alpha value is -1.65. The van der Waals surface area contributed by atoms with E-state index >= 15 is 0 Å². The maximum Gasteiger partial charge on any atom is 0.110 e. The van der Waals surface area contributed by atoms with Gasteiger partial charge in [0, 0.05) is 25.4 Å². The average molecular weight is 259 g/mol. The SMILES string of the molecule is COCC(C)NCc1cnc(C)n1-c1ccccc1. The lowest BCUT2D eigenvalue weighted by atomic mass is 10.3. The molecule has 1 N–H and O–H groups in total. The molecule has 4 heteroatoms. The van der Waals surface area contributed by atoms with Gasteiger partial charge in [-0.05, 0) is 26.0 Å². The molecule has 0 saturated heterocycles. The van der Waals surface area contributed by atoms with Crippen LogP contribution in [0.5, 0.6) is 0 Å². The van der Waals surface area contributed by atoms with Crippen molar-refractivity contribution in [1.29, 1.82) is 0 Å². The van der Waals surface area contributed by atoms with Gasteiger partial charge in [0.05, 0.1) is 18.5 Å². The number of nitrogens with one attached hydrogen (secondary N) is 1. The number of methoxy groups -OCH3 is 1. The van der Waals surface area contributed by atoms with Crippen molar-refractivity contribution in [2.45, 2.75) is 26.4 Å². The van der Waals surface area contributed by atoms with E-state index in [1.54, 1.807) is 7.11 Å². The Morgan fingerprint density at radius 2 is 2.05 bits per heavy atom. The molecule has 0 bridgehead atoms. The number of nitrogens with zero attached hydrogens (tertiary/aromatic N) is 2. The van der Waals surface area contributed by atoms with Crippen molar-refractivity contribution in [2.24, 2.45) is 0 Å². The fourth-order valence-electron chi connectivity index (χ4n) is 2.13. The highest BCUT2D eigenvalue weighted by atomic mass is 16.5. The van der Waals surface area contributed by atoms with Crippen LogP contribution in [0.2, 0.25) is 0 Å². The summed E-state index contributed by atoms with van der Waals surface area (Å²) in [4.78, 5) is 4.41. The Bertz CT molecular complexity index is 507. The van der Waals surface area contributed by atoms with E-state index < -0.39 is 0 Å². The number of benzene rings is 1. The van der Waals surface area contributed by atoms with Gasteiger partial charge < -0.3 is 10.1 Å². The summed E-state index contributed by atoms with van der Waals surface area (Å²) in [6, 6.07) is 10.6.